The van der Waals surface area contributed by atoms with Gasteiger partial charge in [-0.3, -0.25) is 14.6 Å². The van der Waals surface area contributed by atoms with Gasteiger partial charge in [0.15, 0.2) is 0 Å². The molecule has 1 aliphatic rings. The minimum atomic E-state index is -0.345. The summed E-state index contributed by atoms with van der Waals surface area (Å²) in [6, 6.07) is 8.65. The fourth-order valence-corrected chi connectivity index (χ4v) is 2.14. The number of nitrogens with two attached hydrogens (primary N) is 1. The van der Waals surface area contributed by atoms with Crippen LogP contribution in [0.15, 0.2) is 42.7 Å². The molecular weight excluding hydrogens is 242 g/mol. The number of fused-ring (bicyclic) bond motifs is 1. The van der Waals surface area contributed by atoms with Gasteiger partial charge >= 0.3 is 0 Å². The molecule has 3 rings (SSSR count). The van der Waals surface area contributed by atoms with Gasteiger partial charge in [0.2, 0.25) is 0 Å². The van der Waals surface area contributed by atoms with Crippen LogP contribution in [0.4, 0.5) is 5.69 Å². The molecule has 0 spiro atoms. The van der Waals surface area contributed by atoms with Gasteiger partial charge in [0, 0.05) is 18.9 Å². The molecule has 0 bridgehead atoms. The molecule has 2 N–H and O–H groups in total. The minimum absolute atomic E-state index is 0.323. The highest BCUT2D eigenvalue weighted by Crippen LogP contribution is 2.28. The van der Waals surface area contributed by atoms with Crippen LogP contribution in [0.5, 0.6) is 0 Å². The Morgan fingerprint density at radius 2 is 1.89 bits per heavy atom. The third kappa shape index (κ3) is 1.71. The van der Waals surface area contributed by atoms with Crippen molar-refractivity contribution in [3.05, 3.63) is 59.4 Å². The Bertz CT molecular complexity index is 647. The molecule has 0 saturated heterocycles. The van der Waals surface area contributed by atoms with Gasteiger partial charge in [0.1, 0.15) is 0 Å². The van der Waals surface area contributed by atoms with E-state index in [1.54, 1.807) is 24.3 Å². The SMILES string of the molecule is NCc1cccc(N2C(=O)c3ccncc3C2=O)c1. The van der Waals surface area contributed by atoms with Crippen molar-refractivity contribution in [2.45, 2.75) is 6.54 Å². The standard InChI is InChI=1S/C14H11N3O2/c15-7-9-2-1-3-10(6-9)17-13(18)11-4-5-16-8-12(11)14(17)19/h1-6,8H,7,15H2. The Labute approximate surface area is 109 Å². The molecule has 0 fully saturated rings. The summed E-state index contributed by atoms with van der Waals surface area (Å²) >= 11 is 0. The lowest BCUT2D eigenvalue weighted by Crippen LogP contribution is -2.29. The molecule has 0 unspecified atom stereocenters. The summed E-state index contributed by atoms with van der Waals surface area (Å²) in [6.07, 6.45) is 2.92. The first-order valence-corrected chi connectivity index (χ1v) is 5.84. The number of anilines is 1. The summed E-state index contributed by atoms with van der Waals surface area (Å²) in [5.74, 6) is -0.668. The molecule has 19 heavy (non-hydrogen) atoms. The van der Waals surface area contributed by atoms with Crippen LogP contribution < -0.4 is 10.6 Å². The van der Waals surface area contributed by atoms with Crippen molar-refractivity contribution < 1.29 is 9.59 Å². The van der Waals surface area contributed by atoms with Crippen molar-refractivity contribution in [2.24, 2.45) is 5.73 Å². The van der Waals surface area contributed by atoms with Crippen molar-refractivity contribution in [1.29, 1.82) is 0 Å². The molecule has 2 amide bonds. The van der Waals surface area contributed by atoms with Gasteiger partial charge in [0.05, 0.1) is 16.8 Å². The van der Waals surface area contributed by atoms with E-state index in [1.807, 2.05) is 6.07 Å². The van der Waals surface area contributed by atoms with Crippen LogP contribution in [-0.2, 0) is 6.54 Å². The number of aromatic nitrogens is 1. The monoisotopic (exact) mass is 253 g/mol. The Balaban J connectivity index is 2.08. The van der Waals surface area contributed by atoms with Gasteiger partial charge < -0.3 is 5.73 Å². The molecule has 5 nitrogen and oxygen atoms in total. The van der Waals surface area contributed by atoms with E-state index >= 15 is 0 Å². The third-order valence-corrected chi connectivity index (χ3v) is 3.09. The highest BCUT2D eigenvalue weighted by molar-refractivity contribution is 6.34. The van der Waals surface area contributed by atoms with Gasteiger partial charge in [0.25, 0.3) is 11.8 Å². The number of hydrogen-bond donors (Lipinski definition) is 1. The molecule has 0 radical (unpaired) electrons. The van der Waals surface area contributed by atoms with E-state index in [9.17, 15) is 9.59 Å². The van der Waals surface area contributed by atoms with Crippen LogP contribution in [0.3, 0.4) is 0 Å². The van der Waals surface area contributed by atoms with Crippen LogP contribution in [0, 0.1) is 0 Å². The maximum absolute atomic E-state index is 12.3. The second-order valence-electron chi connectivity index (χ2n) is 4.24. The van der Waals surface area contributed by atoms with E-state index in [0.29, 0.717) is 23.4 Å². The summed E-state index contributed by atoms with van der Waals surface area (Å²) in [6.45, 7) is 0.360. The first kappa shape index (κ1) is 11.6. The molecule has 94 valence electrons. The molecule has 1 aromatic carbocycles. The second-order valence-corrected chi connectivity index (χ2v) is 4.24. The van der Waals surface area contributed by atoms with Crippen LogP contribution in [-0.4, -0.2) is 16.8 Å². The summed E-state index contributed by atoms with van der Waals surface area (Å²) < 4.78 is 0. The number of nitrogens with zero attached hydrogens (tertiary/aromatic N) is 2. The predicted molar refractivity (Wildman–Crippen MR) is 69.7 cm³/mol. The average Bonchev–Trinajstić information content (AvgIpc) is 2.72. The van der Waals surface area contributed by atoms with Crippen molar-refractivity contribution >= 4 is 17.5 Å². The highest BCUT2D eigenvalue weighted by atomic mass is 16.2. The van der Waals surface area contributed by atoms with E-state index in [-0.39, 0.29) is 11.8 Å². The van der Waals surface area contributed by atoms with E-state index in [1.165, 1.54) is 12.4 Å². The van der Waals surface area contributed by atoms with Crippen LogP contribution >= 0.6 is 0 Å². The maximum Gasteiger partial charge on any atom is 0.267 e. The fraction of sp³-hybridized carbons (Fsp3) is 0.0714. The second kappa shape index (κ2) is 4.29. The number of rotatable bonds is 2. The normalized spacial score (nSPS) is 13.8. The van der Waals surface area contributed by atoms with Gasteiger partial charge in [-0.15, -0.1) is 0 Å². The van der Waals surface area contributed by atoms with E-state index in [2.05, 4.69) is 4.98 Å². The van der Waals surface area contributed by atoms with Gasteiger partial charge in [-0.2, -0.15) is 0 Å². The van der Waals surface area contributed by atoms with Crippen LogP contribution in [0.2, 0.25) is 0 Å². The maximum atomic E-state index is 12.3. The van der Waals surface area contributed by atoms with Crippen LogP contribution in [0.25, 0.3) is 0 Å². The number of imide groups is 1. The molecule has 1 aromatic heterocycles. The Kier molecular flexibility index (Phi) is 2.61. The van der Waals surface area contributed by atoms with Crippen molar-refractivity contribution in [3.8, 4) is 0 Å². The van der Waals surface area contributed by atoms with Crippen LogP contribution in [0.1, 0.15) is 26.3 Å². The lowest BCUT2D eigenvalue weighted by molar-refractivity contribution is 0.0926. The molecule has 0 saturated carbocycles. The molecular formula is C14H11N3O2. The van der Waals surface area contributed by atoms with Gasteiger partial charge in [-0.05, 0) is 23.8 Å². The summed E-state index contributed by atoms with van der Waals surface area (Å²) in [5.41, 5.74) is 7.70. The zero-order valence-electron chi connectivity index (χ0n) is 10.0. The third-order valence-electron chi connectivity index (χ3n) is 3.09. The number of pyridine rings is 1. The van der Waals surface area contributed by atoms with Crippen molar-refractivity contribution in [3.63, 3.8) is 0 Å². The van der Waals surface area contributed by atoms with E-state index in [4.69, 9.17) is 5.73 Å². The van der Waals surface area contributed by atoms with Gasteiger partial charge in [-0.25, -0.2) is 4.90 Å². The quantitative estimate of drug-likeness (QED) is 0.819. The number of carbonyl (C=O) groups is 2. The highest BCUT2D eigenvalue weighted by Gasteiger charge is 2.36. The fourth-order valence-electron chi connectivity index (χ4n) is 2.14. The lowest BCUT2D eigenvalue weighted by Gasteiger charge is -2.14. The molecule has 5 heteroatoms. The lowest BCUT2D eigenvalue weighted by atomic mass is 10.2. The predicted octanol–water partition coefficient (Wildman–Crippen LogP) is 1.34. The number of benzene rings is 1. The smallest absolute Gasteiger partial charge is 0.267 e. The van der Waals surface area contributed by atoms with Crippen molar-refractivity contribution in [2.75, 3.05) is 4.90 Å². The molecule has 2 aromatic rings. The Morgan fingerprint density at radius 1 is 1.11 bits per heavy atom. The number of carbonyl (C=O) groups excluding carboxylic acids is 2. The molecule has 0 atom stereocenters. The largest absolute Gasteiger partial charge is 0.326 e. The average molecular weight is 253 g/mol. The van der Waals surface area contributed by atoms with E-state index in [0.717, 1.165) is 10.5 Å². The Hall–Kier alpha value is -2.53. The summed E-state index contributed by atoms with van der Waals surface area (Å²) in [5, 5.41) is 0. The zero-order valence-corrected chi connectivity index (χ0v) is 10.0. The number of amides is 2. The zero-order chi connectivity index (χ0) is 13.4. The summed E-state index contributed by atoms with van der Waals surface area (Å²) in [7, 11) is 0. The molecule has 1 aliphatic heterocycles. The number of hydrogen-bond acceptors (Lipinski definition) is 4. The minimum Gasteiger partial charge on any atom is -0.326 e. The van der Waals surface area contributed by atoms with Gasteiger partial charge in [-0.1, -0.05) is 12.1 Å². The summed E-state index contributed by atoms with van der Waals surface area (Å²) in [4.78, 5) is 29.5. The molecule has 2 heterocycles. The van der Waals surface area contributed by atoms with E-state index < -0.39 is 0 Å². The topological polar surface area (TPSA) is 76.3 Å². The molecule has 0 aliphatic carbocycles. The first-order valence-electron chi connectivity index (χ1n) is 5.84. The Morgan fingerprint density at radius 3 is 2.63 bits per heavy atom. The first-order chi connectivity index (χ1) is 9.22. The van der Waals surface area contributed by atoms with Crippen molar-refractivity contribution in [1.82, 2.24) is 4.98 Å².